The van der Waals surface area contributed by atoms with Crippen LogP contribution in [0.25, 0.3) is 0 Å². The third-order valence-corrected chi connectivity index (χ3v) is 2.57. The molecule has 1 aromatic rings. The van der Waals surface area contributed by atoms with Crippen LogP contribution in [-0.2, 0) is 0 Å². The van der Waals surface area contributed by atoms with Crippen molar-refractivity contribution in [1.82, 2.24) is 0 Å². The Kier molecular flexibility index (Phi) is 3.31. The molecule has 2 heteroatoms. The molecule has 1 nitrogen and oxygen atoms in total. The van der Waals surface area contributed by atoms with Crippen LogP contribution in [0.5, 0.6) is 0 Å². The fourth-order valence-electron chi connectivity index (χ4n) is 1.14. The molecule has 1 unspecified atom stereocenters. The second kappa shape index (κ2) is 4.27. The number of hydrogen-bond donors (Lipinski definition) is 0. The second-order valence-corrected chi connectivity index (χ2v) is 3.47. The fourth-order valence-corrected chi connectivity index (χ4v) is 1.70. The molecule has 0 aliphatic rings. The fraction of sp³-hybridized carbons (Fsp3) is 0.300. The predicted octanol–water partition coefficient (Wildman–Crippen LogP) is 3.47. The minimum atomic E-state index is 0.0144. The molecule has 12 heavy (non-hydrogen) atoms. The first-order chi connectivity index (χ1) is 5.79. The lowest BCUT2D eigenvalue weighted by atomic mass is 9.98. The van der Waals surface area contributed by atoms with Crippen LogP contribution in [0.1, 0.15) is 24.8 Å². The van der Waals surface area contributed by atoms with Crippen molar-refractivity contribution in [2.24, 2.45) is 0 Å². The van der Waals surface area contributed by atoms with E-state index in [9.17, 15) is 0 Å². The van der Waals surface area contributed by atoms with Crippen LogP contribution >= 0.6 is 15.9 Å². The van der Waals surface area contributed by atoms with Gasteiger partial charge in [-0.05, 0) is 18.1 Å². The lowest BCUT2D eigenvalue weighted by molar-refractivity contribution is 0.814. The Morgan fingerprint density at radius 2 is 2.17 bits per heavy atom. The van der Waals surface area contributed by atoms with E-state index in [4.69, 9.17) is 5.26 Å². The summed E-state index contributed by atoms with van der Waals surface area (Å²) in [6.45, 7) is 2.02. The Hall–Kier alpha value is -0.810. The van der Waals surface area contributed by atoms with Gasteiger partial charge in [0, 0.05) is 4.47 Å². The molecule has 0 heterocycles. The van der Waals surface area contributed by atoms with Crippen molar-refractivity contribution >= 4 is 15.9 Å². The molecule has 0 aliphatic carbocycles. The zero-order valence-corrected chi connectivity index (χ0v) is 8.51. The summed E-state index contributed by atoms with van der Waals surface area (Å²) in [4.78, 5) is 0. The molecule has 0 bridgehead atoms. The van der Waals surface area contributed by atoms with Crippen LogP contribution in [0.2, 0.25) is 0 Å². The number of nitriles is 1. The third-order valence-electron chi connectivity index (χ3n) is 1.84. The first-order valence-electron chi connectivity index (χ1n) is 3.93. The maximum absolute atomic E-state index is 8.83. The molecule has 0 radical (unpaired) electrons. The number of benzene rings is 1. The van der Waals surface area contributed by atoms with Gasteiger partial charge in [0.1, 0.15) is 0 Å². The first-order valence-corrected chi connectivity index (χ1v) is 4.73. The minimum Gasteiger partial charge on any atom is -0.198 e. The Morgan fingerprint density at radius 1 is 1.50 bits per heavy atom. The molecule has 0 aromatic heterocycles. The van der Waals surface area contributed by atoms with Gasteiger partial charge in [0.05, 0.1) is 12.0 Å². The van der Waals surface area contributed by atoms with Crippen molar-refractivity contribution in [3.8, 4) is 6.07 Å². The van der Waals surface area contributed by atoms with Crippen LogP contribution < -0.4 is 0 Å². The Balaban J connectivity index is 3.02. The van der Waals surface area contributed by atoms with Crippen molar-refractivity contribution in [3.63, 3.8) is 0 Å². The van der Waals surface area contributed by atoms with Gasteiger partial charge in [-0.25, -0.2) is 0 Å². The zero-order valence-electron chi connectivity index (χ0n) is 6.92. The smallest absolute Gasteiger partial charge is 0.0721 e. The largest absolute Gasteiger partial charge is 0.198 e. The third kappa shape index (κ3) is 1.86. The molecule has 62 valence electrons. The molecular formula is C10H10BrN. The summed E-state index contributed by atoms with van der Waals surface area (Å²) >= 11 is 3.43. The zero-order chi connectivity index (χ0) is 8.97. The van der Waals surface area contributed by atoms with Gasteiger partial charge in [0.2, 0.25) is 0 Å². The van der Waals surface area contributed by atoms with E-state index in [0.29, 0.717) is 0 Å². The highest BCUT2D eigenvalue weighted by atomic mass is 79.9. The molecule has 0 saturated heterocycles. The summed E-state index contributed by atoms with van der Waals surface area (Å²) in [5.41, 5.74) is 1.09. The average Bonchev–Trinajstić information content (AvgIpc) is 2.10. The van der Waals surface area contributed by atoms with Gasteiger partial charge in [0.15, 0.2) is 0 Å². The molecule has 1 atom stereocenters. The Labute approximate surface area is 81.2 Å². The molecule has 0 fully saturated rings. The van der Waals surface area contributed by atoms with Gasteiger partial charge in [0.25, 0.3) is 0 Å². The van der Waals surface area contributed by atoms with Crippen molar-refractivity contribution in [2.45, 2.75) is 19.3 Å². The average molecular weight is 224 g/mol. The number of halogens is 1. The van der Waals surface area contributed by atoms with E-state index in [1.165, 1.54) is 0 Å². The normalized spacial score (nSPS) is 12.1. The van der Waals surface area contributed by atoms with Crippen molar-refractivity contribution in [1.29, 1.82) is 5.26 Å². The van der Waals surface area contributed by atoms with Crippen LogP contribution in [0, 0.1) is 11.3 Å². The summed E-state index contributed by atoms with van der Waals surface area (Å²) in [6.07, 6.45) is 0.860. The maximum Gasteiger partial charge on any atom is 0.0721 e. The Morgan fingerprint density at radius 3 is 2.67 bits per heavy atom. The first kappa shape index (κ1) is 9.28. The predicted molar refractivity (Wildman–Crippen MR) is 52.8 cm³/mol. The van der Waals surface area contributed by atoms with Crippen molar-refractivity contribution in [2.75, 3.05) is 0 Å². The minimum absolute atomic E-state index is 0.0144. The molecule has 0 amide bonds. The van der Waals surface area contributed by atoms with E-state index in [1.54, 1.807) is 0 Å². The molecule has 0 spiro atoms. The molecule has 1 aromatic carbocycles. The second-order valence-electron chi connectivity index (χ2n) is 2.61. The summed E-state index contributed by atoms with van der Waals surface area (Å²) in [5.74, 6) is 0.0144. The monoisotopic (exact) mass is 223 g/mol. The van der Waals surface area contributed by atoms with Crippen LogP contribution in [0.15, 0.2) is 28.7 Å². The van der Waals surface area contributed by atoms with Gasteiger partial charge >= 0.3 is 0 Å². The summed E-state index contributed by atoms with van der Waals surface area (Å²) in [6, 6.07) is 10.1. The Bertz CT molecular complexity index is 301. The van der Waals surface area contributed by atoms with E-state index in [-0.39, 0.29) is 5.92 Å². The molecule has 0 aliphatic heterocycles. The molecule has 0 saturated carbocycles. The molecular weight excluding hydrogens is 214 g/mol. The van der Waals surface area contributed by atoms with E-state index in [2.05, 4.69) is 22.0 Å². The quantitative estimate of drug-likeness (QED) is 0.754. The highest BCUT2D eigenvalue weighted by Gasteiger charge is 2.09. The van der Waals surface area contributed by atoms with Crippen LogP contribution in [0.4, 0.5) is 0 Å². The highest BCUT2D eigenvalue weighted by molar-refractivity contribution is 9.10. The van der Waals surface area contributed by atoms with Gasteiger partial charge in [-0.2, -0.15) is 5.26 Å². The lowest BCUT2D eigenvalue weighted by Gasteiger charge is -2.07. The topological polar surface area (TPSA) is 23.8 Å². The molecule has 1 rings (SSSR count). The maximum atomic E-state index is 8.83. The van der Waals surface area contributed by atoms with Gasteiger partial charge in [-0.15, -0.1) is 0 Å². The standard InChI is InChI=1S/C10H10BrN/c1-2-8(7-12)9-5-3-4-6-10(9)11/h3-6,8H,2H2,1H3. The number of hydrogen-bond acceptors (Lipinski definition) is 1. The van der Waals surface area contributed by atoms with Gasteiger partial charge in [-0.3, -0.25) is 0 Å². The molecule has 0 N–H and O–H groups in total. The highest BCUT2D eigenvalue weighted by Crippen LogP contribution is 2.26. The number of rotatable bonds is 2. The number of nitrogens with zero attached hydrogens (tertiary/aromatic N) is 1. The van der Waals surface area contributed by atoms with Gasteiger partial charge in [-0.1, -0.05) is 41.1 Å². The summed E-state index contributed by atoms with van der Waals surface area (Å²) in [7, 11) is 0. The van der Waals surface area contributed by atoms with Crippen LogP contribution in [0.3, 0.4) is 0 Å². The van der Waals surface area contributed by atoms with Gasteiger partial charge < -0.3 is 0 Å². The summed E-state index contributed by atoms with van der Waals surface area (Å²) < 4.78 is 1.03. The SMILES string of the molecule is CCC(C#N)c1ccccc1Br. The van der Waals surface area contributed by atoms with E-state index >= 15 is 0 Å². The van der Waals surface area contributed by atoms with E-state index in [0.717, 1.165) is 16.5 Å². The van der Waals surface area contributed by atoms with E-state index < -0.39 is 0 Å². The van der Waals surface area contributed by atoms with Crippen molar-refractivity contribution in [3.05, 3.63) is 34.3 Å². The van der Waals surface area contributed by atoms with E-state index in [1.807, 2.05) is 31.2 Å². The lowest BCUT2D eigenvalue weighted by Crippen LogP contribution is -1.93. The van der Waals surface area contributed by atoms with Crippen LogP contribution in [-0.4, -0.2) is 0 Å². The van der Waals surface area contributed by atoms with Crippen molar-refractivity contribution < 1.29 is 0 Å². The summed E-state index contributed by atoms with van der Waals surface area (Å²) in [5, 5.41) is 8.83.